The third-order valence-corrected chi connectivity index (χ3v) is 3.58. The van der Waals surface area contributed by atoms with Crippen LogP contribution in [0.5, 0.6) is 5.88 Å². The predicted octanol–water partition coefficient (Wildman–Crippen LogP) is 3.28. The molecular formula is C18H14F4N4O2. The van der Waals surface area contributed by atoms with Gasteiger partial charge in [0, 0.05) is 24.5 Å². The van der Waals surface area contributed by atoms with Crippen LogP contribution in [0.2, 0.25) is 0 Å². The van der Waals surface area contributed by atoms with Gasteiger partial charge in [-0.3, -0.25) is 4.79 Å². The Morgan fingerprint density at radius 2 is 1.93 bits per heavy atom. The molecule has 3 aromatic rings. The van der Waals surface area contributed by atoms with Crippen LogP contribution >= 0.6 is 0 Å². The van der Waals surface area contributed by atoms with Crippen molar-refractivity contribution in [3.63, 3.8) is 0 Å². The van der Waals surface area contributed by atoms with Crippen LogP contribution in [0.15, 0.2) is 54.9 Å². The van der Waals surface area contributed by atoms with E-state index in [9.17, 15) is 22.4 Å². The highest BCUT2D eigenvalue weighted by Crippen LogP contribution is 2.20. The molecule has 3 rings (SSSR count). The van der Waals surface area contributed by atoms with Crippen LogP contribution in [0, 0.1) is 5.82 Å². The van der Waals surface area contributed by atoms with Crippen LogP contribution in [0.3, 0.4) is 0 Å². The van der Waals surface area contributed by atoms with Crippen molar-refractivity contribution < 1.29 is 27.1 Å². The van der Waals surface area contributed by atoms with Gasteiger partial charge in [0.15, 0.2) is 12.3 Å². The summed E-state index contributed by atoms with van der Waals surface area (Å²) < 4.78 is 56.6. The zero-order chi connectivity index (χ0) is 20.1. The minimum absolute atomic E-state index is 0.0184. The number of carbonyl (C=O) groups is 1. The second kappa shape index (κ2) is 8.07. The van der Waals surface area contributed by atoms with Gasteiger partial charge in [-0.15, -0.1) is 0 Å². The second-order valence-corrected chi connectivity index (χ2v) is 5.65. The Labute approximate surface area is 156 Å². The molecule has 1 amide bonds. The Bertz CT molecular complexity index is 972. The fraction of sp³-hybridized carbons (Fsp3) is 0.167. The number of halogens is 4. The van der Waals surface area contributed by atoms with Gasteiger partial charge in [-0.2, -0.15) is 18.3 Å². The standard InChI is InChI=1S/C18H14F4N4O2/c19-13-5-1-2-6-15(13)26-9-7-14(25-26)16(27)24-10-12-4-3-8-23-17(12)28-11-18(20,21)22/h1-9H,10-11H2,(H,24,27). The van der Waals surface area contributed by atoms with E-state index in [4.69, 9.17) is 0 Å². The van der Waals surface area contributed by atoms with Crippen molar-refractivity contribution in [1.82, 2.24) is 20.1 Å². The summed E-state index contributed by atoms with van der Waals surface area (Å²) in [4.78, 5) is 16.0. The van der Waals surface area contributed by atoms with Crippen LogP contribution in [-0.4, -0.2) is 33.5 Å². The molecule has 6 nitrogen and oxygen atoms in total. The van der Waals surface area contributed by atoms with Gasteiger partial charge in [0.05, 0.1) is 0 Å². The number of carbonyl (C=O) groups excluding carboxylic acids is 1. The van der Waals surface area contributed by atoms with E-state index in [-0.39, 0.29) is 29.4 Å². The van der Waals surface area contributed by atoms with Crippen molar-refractivity contribution in [1.29, 1.82) is 0 Å². The summed E-state index contributed by atoms with van der Waals surface area (Å²) in [6.07, 6.45) is -1.79. The quantitative estimate of drug-likeness (QED) is 0.652. The van der Waals surface area contributed by atoms with Gasteiger partial charge in [-0.25, -0.2) is 14.1 Å². The number of pyridine rings is 1. The van der Waals surface area contributed by atoms with E-state index in [1.807, 2.05) is 0 Å². The van der Waals surface area contributed by atoms with Crippen molar-refractivity contribution in [3.05, 3.63) is 71.9 Å². The van der Waals surface area contributed by atoms with Gasteiger partial charge in [0.25, 0.3) is 5.91 Å². The maximum absolute atomic E-state index is 13.8. The van der Waals surface area contributed by atoms with E-state index in [1.165, 1.54) is 53.5 Å². The lowest BCUT2D eigenvalue weighted by Crippen LogP contribution is -2.25. The van der Waals surface area contributed by atoms with Crippen LogP contribution in [0.1, 0.15) is 16.1 Å². The number of amides is 1. The normalized spacial score (nSPS) is 11.3. The highest BCUT2D eigenvalue weighted by Gasteiger charge is 2.29. The number of aromatic nitrogens is 3. The van der Waals surface area contributed by atoms with Crippen LogP contribution in [-0.2, 0) is 6.54 Å². The Kier molecular flexibility index (Phi) is 5.57. The van der Waals surface area contributed by atoms with Gasteiger partial charge in [-0.05, 0) is 24.3 Å². The van der Waals surface area contributed by atoms with Crippen molar-refractivity contribution in [2.75, 3.05) is 6.61 Å². The Hall–Kier alpha value is -3.43. The molecule has 0 unspecified atom stereocenters. The van der Waals surface area contributed by atoms with E-state index in [0.29, 0.717) is 0 Å². The molecule has 1 N–H and O–H groups in total. The number of benzene rings is 1. The molecular weight excluding hydrogens is 380 g/mol. The SMILES string of the molecule is O=C(NCc1cccnc1OCC(F)(F)F)c1ccn(-c2ccccc2F)n1. The molecule has 0 atom stereocenters. The monoisotopic (exact) mass is 394 g/mol. The molecule has 0 aliphatic carbocycles. The zero-order valence-electron chi connectivity index (χ0n) is 14.3. The highest BCUT2D eigenvalue weighted by molar-refractivity contribution is 5.92. The number of alkyl halides is 3. The highest BCUT2D eigenvalue weighted by atomic mass is 19.4. The number of hydrogen-bond donors (Lipinski definition) is 1. The molecule has 0 bridgehead atoms. The maximum Gasteiger partial charge on any atom is 0.422 e. The molecule has 0 saturated heterocycles. The molecule has 0 spiro atoms. The Morgan fingerprint density at radius 3 is 2.68 bits per heavy atom. The number of hydrogen-bond acceptors (Lipinski definition) is 4. The lowest BCUT2D eigenvalue weighted by Gasteiger charge is -2.12. The summed E-state index contributed by atoms with van der Waals surface area (Å²) >= 11 is 0. The average Bonchev–Trinajstić information content (AvgIpc) is 3.15. The fourth-order valence-corrected chi connectivity index (χ4v) is 2.32. The fourth-order valence-electron chi connectivity index (χ4n) is 2.32. The predicted molar refractivity (Wildman–Crippen MR) is 90.5 cm³/mol. The molecule has 0 saturated carbocycles. The third kappa shape index (κ3) is 4.84. The maximum atomic E-state index is 13.8. The lowest BCUT2D eigenvalue weighted by molar-refractivity contribution is -0.154. The zero-order valence-corrected chi connectivity index (χ0v) is 14.3. The Balaban J connectivity index is 1.66. The minimum Gasteiger partial charge on any atom is -0.468 e. The van der Waals surface area contributed by atoms with Gasteiger partial charge < -0.3 is 10.1 Å². The molecule has 0 aliphatic heterocycles. The van der Waals surface area contributed by atoms with Crippen LogP contribution in [0.4, 0.5) is 17.6 Å². The third-order valence-electron chi connectivity index (χ3n) is 3.58. The molecule has 2 aromatic heterocycles. The van der Waals surface area contributed by atoms with E-state index in [2.05, 4.69) is 20.1 Å². The summed E-state index contributed by atoms with van der Waals surface area (Å²) in [7, 11) is 0. The number of nitrogens with one attached hydrogen (secondary N) is 1. The van der Waals surface area contributed by atoms with Gasteiger partial charge in [0.1, 0.15) is 11.5 Å². The molecule has 0 radical (unpaired) electrons. The first-order valence-corrected chi connectivity index (χ1v) is 8.06. The Morgan fingerprint density at radius 1 is 1.14 bits per heavy atom. The average molecular weight is 394 g/mol. The van der Waals surface area contributed by atoms with Crippen LogP contribution in [0.25, 0.3) is 5.69 Å². The first-order chi connectivity index (χ1) is 13.3. The molecule has 28 heavy (non-hydrogen) atoms. The number of ether oxygens (including phenoxy) is 1. The van der Waals surface area contributed by atoms with Crippen LogP contribution < -0.4 is 10.1 Å². The summed E-state index contributed by atoms with van der Waals surface area (Å²) in [5.74, 6) is -1.31. The van der Waals surface area contributed by atoms with E-state index < -0.39 is 24.5 Å². The number of nitrogens with zero attached hydrogens (tertiary/aromatic N) is 3. The van der Waals surface area contributed by atoms with Crippen molar-refractivity contribution in [3.8, 4) is 11.6 Å². The largest absolute Gasteiger partial charge is 0.468 e. The molecule has 146 valence electrons. The van der Waals surface area contributed by atoms with Crippen molar-refractivity contribution in [2.24, 2.45) is 0 Å². The topological polar surface area (TPSA) is 69.0 Å². The molecule has 2 heterocycles. The summed E-state index contributed by atoms with van der Waals surface area (Å²) in [6, 6.07) is 10.3. The van der Waals surface area contributed by atoms with E-state index in [1.54, 1.807) is 6.07 Å². The van der Waals surface area contributed by atoms with Crippen molar-refractivity contribution >= 4 is 5.91 Å². The summed E-state index contributed by atoms with van der Waals surface area (Å²) in [6.45, 7) is -1.61. The molecule has 0 aliphatic rings. The summed E-state index contributed by atoms with van der Waals surface area (Å²) in [5.41, 5.74) is 0.468. The first kappa shape index (κ1) is 19.3. The van der Waals surface area contributed by atoms with E-state index >= 15 is 0 Å². The second-order valence-electron chi connectivity index (χ2n) is 5.65. The summed E-state index contributed by atoms with van der Waals surface area (Å²) in [5, 5.41) is 6.54. The van der Waals surface area contributed by atoms with Gasteiger partial charge in [-0.1, -0.05) is 18.2 Å². The van der Waals surface area contributed by atoms with Gasteiger partial charge in [0.2, 0.25) is 5.88 Å². The minimum atomic E-state index is -4.50. The molecule has 1 aromatic carbocycles. The first-order valence-electron chi connectivity index (χ1n) is 8.06. The lowest BCUT2D eigenvalue weighted by atomic mass is 10.2. The number of rotatable bonds is 6. The molecule has 0 fully saturated rings. The van der Waals surface area contributed by atoms with Crippen molar-refractivity contribution in [2.45, 2.75) is 12.7 Å². The van der Waals surface area contributed by atoms with Gasteiger partial charge >= 0.3 is 6.18 Å². The smallest absolute Gasteiger partial charge is 0.422 e. The molecule has 10 heteroatoms. The van der Waals surface area contributed by atoms with E-state index in [0.717, 1.165) is 0 Å². The number of para-hydroxylation sites is 1.